The van der Waals surface area contributed by atoms with Crippen LogP contribution in [0.4, 0.5) is 4.39 Å². The summed E-state index contributed by atoms with van der Waals surface area (Å²) in [5.41, 5.74) is 5.40. The van der Waals surface area contributed by atoms with E-state index in [1.807, 2.05) is 0 Å². The van der Waals surface area contributed by atoms with Gasteiger partial charge in [-0.05, 0) is 75.6 Å². The first kappa shape index (κ1) is 19.4. The summed E-state index contributed by atoms with van der Waals surface area (Å²) in [7, 11) is 0. The monoisotopic (exact) mass is 382 g/mol. The second-order valence-electron chi connectivity index (χ2n) is 7.64. The summed E-state index contributed by atoms with van der Waals surface area (Å²) in [6.45, 7) is 3.14. The Morgan fingerprint density at radius 3 is 2.50 bits per heavy atom. The Morgan fingerprint density at radius 2 is 1.88 bits per heavy atom. The van der Waals surface area contributed by atoms with Gasteiger partial charge in [-0.25, -0.2) is 4.39 Å². The van der Waals surface area contributed by atoms with Crippen LogP contribution in [-0.4, -0.2) is 36.5 Å². The smallest absolute Gasteiger partial charge is 0.220 e. The quantitative estimate of drug-likeness (QED) is 0.808. The molecule has 2 N–H and O–H groups in total. The standard InChI is InChI=1S/C20H28ClFN2O2/c21-18-13-16(22)5-6-19(18)26-17-8-11-24(12-9-17)10-7-14-1-3-15(4-2-14)20(23)25/h5-6,13-15,17H,1-4,7-12H2,(H2,23,25)/t14-,15-. The van der Waals surface area contributed by atoms with Gasteiger partial charge in [0.25, 0.3) is 0 Å². The van der Waals surface area contributed by atoms with Crippen LogP contribution in [0.5, 0.6) is 5.75 Å². The lowest BCUT2D eigenvalue weighted by Gasteiger charge is -2.34. The molecule has 1 saturated carbocycles. The molecule has 0 bridgehead atoms. The van der Waals surface area contributed by atoms with Crippen LogP contribution in [-0.2, 0) is 4.79 Å². The highest BCUT2D eigenvalue weighted by molar-refractivity contribution is 6.32. The summed E-state index contributed by atoms with van der Waals surface area (Å²) in [5.74, 6) is 0.904. The van der Waals surface area contributed by atoms with Crippen molar-refractivity contribution in [3.63, 3.8) is 0 Å². The first-order valence-corrected chi connectivity index (χ1v) is 10.0. The highest BCUT2D eigenvalue weighted by Gasteiger charge is 2.26. The zero-order valence-corrected chi connectivity index (χ0v) is 15.9. The molecule has 144 valence electrons. The van der Waals surface area contributed by atoms with E-state index in [0.717, 1.165) is 64.1 Å². The van der Waals surface area contributed by atoms with Gasteiger partial charge in [0, 0.05) is 19.0 Å². The van der Waals surface area contributed by atoms with E-state index in [2.05, 4.69) is 4.90 Å². The molecule has 3 rings (SSSR count). The summed E-state index contributed by atoms with van der Waals surface area (Å²) >= 11 is 6.04. The van der Waals surface area contributed by atoms with Crippen molar-refractivity contribution in [2.45, 2.75) is 51.0 Å². The maximum Gasteiger partial charge on any atom is 0.220 e. The lowest BCUT2D eigenvalue weighted by Crippen LogP contribution is -2.39. The fraction of sp³-hybridized carbons (Fsp3) is 0.650. The van der Waals surface area contributed by atoms with Crippen LogP contribution in [0.2, 0.25) is 5.02 Å². The SMILES string of the molecule is NC(=O)[C@H]1CC[C@H](CCN2CCC(Oc3ccc(F)cc3Cl)CC2)CC1. The number of hydrogen-bond acceptors (Lipinski definition) is 3. The predicted molar refractivity (Wildman–Crippen MR) is 101 cm³/mol. The Morgan fingerprint density at radius 1 is 1.19 bits per heavy atom. The van der Waals surface area contributed by atoms with Crippen LogP contribution in [0.25, 0.3) is 0 Å². The Labute approximate surface area is 159 Å². The summed E-state index contributed by atoms with van der Waals surface area (Å²) < 4.78 is 19.1. The number of carbonyl (C=O) groups excluding carboxylic acids is 1. The number of likely N-dealkylation sites (tertiary alicyclic amines) is 1. The third-order valence-corrected chi connectivity index (χ3v) is 6.12. The summed E-state index contributed by atoms with van der Waals surface area (Å²) in [5, 5.41) is 0.332. The number of hydrogen-bond donors (Lipinski definition) is 1. The number of nitrogens with zero attached hydrogens (tertiary/aromatic N) is 1. The van der Waals surface area contributed by atoms with Crippen molar-refractivity contribution in [2.24, 2.45) is 17.6 Å². The molecule has 1 aliphatic carbocycles. The summed E-state index contributed by atoms with van der Waals surface area (Å²) in [4.78, 5) is 13.7. The molecule has 1 saturated heterocycles. The van der Waals surface area contributed by atoms with Gasteiger partial charge in [-0.15, -0.1) is 0 Å². The highest BCUT2D eigenvalue weighted by atomic mass is 35.5. The Hall–Kier alpha value is -1.33. The van der Waals surface area contributed by atoms with E-state index in [9.17, 15) is 9.18 Å². The second kappa shape index (κ2) is 9.05. The molecule has 26 heavy (non-hydrogen) atoms. The van der Waals surface area contributed by atoms with Gasteiger partial charge >= 0.3 is 0 Å². The van der Waals surface area contributed by atoms with E-state index < -0.39 is 0 Å². The highest BCUT2D eigenvalue weighted by Crippen LogP contribution is 2.31. The lowest BCUT2D eigenvalue weighted by atomic mass is 9.80. The molecule has 2 aliphatic rings. The molecule has 6 heteroatoms. The predicted octanol–water partition coefficient (Wildman–Crippen LogP) is 4.00. The number of rotatable bonds is 6. The van der Waals surface area contributed by atoms with Crippen molar-refractivity contribution < 1.29 is 13.9 Å². The van der Waals surface area contributed by atoms with Gasteiger partial charge in [-0.2, -0.15) is 0 Å². The fourth-order valence-corrected chi connectivity index (χ4v) is 4.31. The second-order valence-corrected chi connectivity index (χ2v) is 8.05. The molecule has 0 spiro atoms. The van der Waals surface area contributed by atoms with E-state index in [0.29, 0.717) is 10.8 Å². The topological polar surface area (TPSA) is 55.6 Å². The Kier molecular flexibility index (Phi) is 6.76. The molecule has 0 atom stereocenters. The normalized spacial score (nSPS) is 25.2. The Balaban J connectivity index is 1.36. The molecular weight excluding hydrogens is 355 g/mol. The first-order valence-electron chi connectivity index (χ1n) is 9.64. The molecule has 1 amide bonds. The number of benzene rings is 1. The molecule has 2 fully saturated rings. The zero-order valence-electron chi connectivity index (χ0n) is 15.1. The van der Waals surface area contributed by atoms with E-state index in [1.165, 1.54) is 18.6 Å². The van der Waals surface area contributed by atoms with Gasteiger partial charge in [0.15, 0.2) is 0 Å². The number of amides is 1. The van der Waals surface area contributed by atoms with E-state index in [-0.39, 0.29) is 23.7 Å². The number of nitrogens with two attached hydrogens (primary N) is 1. The van der Waals surface area contributed by atoms with Gasteiger partial charge in [-0.1, -0.05) is 11.6 Å². The van der Waals surface area contributed by atoms with E-state index >= 15 is 0 Å². The van der Waals surface area contributed by atoms with E-state index in [1.54, 1.807) is 6.07 Å². The van der Waals surface area contributed by atoms with Crippen molar-refractivity contribution in [1.29, 1.82) is 0 Å². The van der Waals surface area contributed by atoms with Crippen LogP contribution in [0.15, 0.2) is 18.2 Å². The van der Waals surface area contributed by atoms with Crippen molar-refractivity contribution in [1.82, 2.24) is 4.90 Å². The van der Waals surface area contributed by atoms with Crippen molar-refractivity contribution in [2.75, 3.05) is 19.6 Å². The average Bonchev–Trinajstić information content (AvgIpc) is 2.64. The largest absolute Gasteiger partial charge is 0.489 e. The summed E-state index contributed by atoms with van der Waals surface area (Å²) in [6, 6.07) is 4.27. The van der Waals surface area contributed by atoms with Crippen molar-refractivity contribution >= 4 is 17.5 Å². The average molecular weight is 383 g/mol. The minimum atomic E-state index is -0.345. The van der Waals surface area contributed by atoms with Crippen molar-refractivity contribution in [3.05, 3.63) is 29.0 Å². The minimum absolute atomic E-state index is 0.0948. The number of ether oxygens (including phenoxy) is 1. The van der Waals surface area contributed by atoms with Gasteiger partial charge in [-0.3, -0.25) is 4.79 Å². The molecule has 1 heterocycles. The van der Waals surface area contributed by atoms with Crippen LogP contribution in [0.3, 0.4) is 0 Å². The molecule has 4 nitrogen and oxygen atoms in total. The molecule has 1 aliphatic heterocycles. The molecule has 0 unspecified atom stereocenters. The van der Waals surface area contributed by atoms with Crippen LogP contribution < -0.4 is 10.5 Å². The fourth-order valence-electron chi connectivity index (χ4n) is 4.10. The molecular formula is C20H28ClFN2O2. The maximum absolute atomic E-state index is 13.1. The third-order valence-electron chi connectivity index (χ3n) is 5.82. The molecule has 1 aromatic carbocycles. The third kappa shape index (κ3) is 5.34. The lowest BCUT2D eigenvalue weighted by molar-refractivity contribution is -0.123. The minimum Gasteiger partial charge on any atom is -0.489 e. The van der Waals surface area contributed by atoms with Crippen LogP contribution >= 0.6 is 11.6 Å². The van der Waals surface area contributed by atoms with Crippen LogP contribution in [0.1, 0.15) is 44.9 Å². The van der Waals surface area contributed by atoms with E-state index in [4.69, 9.17) is 22.1 Å². The van der Waals surface area contributed by atoms with Crippen molar-refractivity contribution in [3.8, 4) is 5.75 Å². The molecule has 0 radical (unpaired) electrons. The first-order chi connectivity index (χ1) is 12.5. The number of halogens is 2. The maximum atomic E-state index is 13.1. The van der Waals surface area contributed by atoms with Crippen LogP contribution in [0, 0.1) is 17.7 Å². The number of carbonyl (C=O) groups is 1. The Bertz CT molecular complexity index is 612. The van der Waals surface area contributed by atoms with Gasteiger partial charge in [0.2, 0.25) is 5.91 Å². The molecule has 1 aromatic rings. The van der Waals surface area contributed by atoms with Gasteiger partial charge in [0.1, 0.15) is 17.7 Å². The van der Waals surface area contributed by atoms with Gasteiger partial charge in [0.05, 0.1) is 5.02 Å². The van der Waals surface area contributed by atoms with Gasteiger partial charge < -0.3 is 15.4 Å². The number of primary amides is 1. The number of piperidine rings is 1. The molecule has 0 aromatic heterocycles. The zero-order chi connectivity index (χ0) is 18.5. The summed E-state index contributed by atoms with van der Waals surface area (Å²) in [6.07, 6.45) is 7.40.